The van der Waals surface area contributed by atoms with Crippen molar-refractivity contribution in [2.45, 2.75) is 19.2 Å². The van der Waals surface area contributed by atoms with Crippen molar-refractivity contribution in [2.24, 2.45) is 5.92 Å². The normalized spacial score (nSPS) is 24.9. The van der Waals surface area contributed by atoms with Crippen LogP contribution in [0.4, 0.5) is 0 Å². The standard InChI is InChI=1S/C10H18N2O2S2/c1-3-16(13,14)10-8-15-5-4-12(10)7-9(2)6-11/h9-10H,3-5,7-8H2,1-2H3. The molecule has 0 spiro atoms. The third kappa shape index (κ3) is 3.37. The van der Waals surface area contributed by atoms with E-state index in [1.807, 2.05) is 11.8 Å². The van der Waals surface area contributed by atoms with Gasteiger partial charge < -0.3 is 0 Å². The molecule has 0 amide bonds. The fraction of sp³-hybridized carbons (Fsp3) is 0.900. The van der Waals surface area contributed by atoms with Crippen LogP contribution in [0.1, 0.15) is 13.8 Å². The largest absolute Gasteiger partial charge is 0.284 e. The second kappa shape index (κ2) is 5.89. The SMILES string of the molecule is CCS(=O)(=O)C1CSCCN1CC(C)C#N. The quantitative estimate of drug-likeness (QED) is 0.755. The van der Waals surface area contributed by atoms with Crippen LogP contribution in [-0.4, -0.2) is 49.0 Å². The van der Waals surface area contributed by atoms with E-state index in [9.17, 15) is 8.42 Å². The Morgan fingerprint density at radius 1 is 1.62 bits per heavy atom. The van der Waals surface area contributed by atoms with Crippen LogP contribution in [0.2, 0.25) is 0 Å². The van der Waals surface area contributed by atoms with Crippen molar-refractivity contribution in [3.8, 4) is 6.07 Å². The average molecular weight is 262 g/mol. The molecule has 4 nitrogen and oxygen atoms in total. The predicted molar refractivity (Wildman–Crippen MR) is 66.9 cm³/mol. The van der Waals surface area contributed by atoms with Crippen molar-refractivity contribution in [3.63, 3.8) is 0 Å². The van der Waals surface area contributed by atoms with Gasteiger partial charge in [0.2, 0.25) is 0 Å². The highest BCUT2D eigenvalue weighted by Gasteiger charge is 2.33. The first-order valence-electron chi connectivity index (χ1n) is 5.44. The number of sulfone groups is 1. The monoisotopic (exact) mass is 262 g/mol. The maximum Gasteiger partial charge on any atom is 0.166 e. The van der Waals surface area contributed by atoms with Crippen molar-refractivity contribution in [1.29, 1.82) is 5.26 Å². The minimum atomic E-state index is -3.03. The van der Waals surface area contributed by atoms with E-state index < -0.39 is 15.2 Å². The Bertz CT molecular complexity index is 362. The van der Waals surface area contributed by atoms with Gasteiger partial charge in [-0.3, -0.25) is 4.90 Å². The van der Waals surface area contributed by atoms with Crippen LogP contribution in [0.5, 0.6) is 0 Å². The third-order valence-electron chi connectivity index (χ3n) is 2.74. The van der Waals surface area contributed by atoms with Gasteiger partial charge in [0.05, 0.1) is 12.0 Å². The first-order chi connectivity index (χ1) is 7.51. The van der Waals surface area contributed by atoms with E-state index in [4.69, 9.17) is 5.26 Å². The van der Waals surface area contributed by atoms with Gasteiger partial charge in [-0.2, -0.15) is 17.0 Å². The lowest BCUT2D eigenvalue weighted by atomic mass is 10.2. The summed E-state index contributed by atoms with van der Waals surface area (Å²) in [4.78, 5) is 1.95. The molecule has 92 valence electrons. The summed E-state index contributed by atoms with van der Waals surface area (Å²) in [5.74, 6) is 1.65. The third-order valence-corrected chi connectivity index (χ3v) is 6.07. The van der Waals surface area contributed by atoms with Gasteiger partial charge in [0.15, 0.2) is 9.84 Å². The molecule has 0 aromatic carbocycles. The fourth-order valence-corrected chi connectivity index (χ4v) is 4.83. The molecule has 0 aromatic rings. The molecule has 1 heterocycles. The highest BCUT2D eigenvalue weighted by molar-refractivity contribution is 8.01. The Labute approximate surface area is 102 Å². The number of nitrogens with zero attached hydrogens (tertiary/aromatic N) is 2. The van der Waals surface area contributed by atoms with Crippen molar-refractivity contribution in [2.75, 3.05) is 30.3 Å². The van der Waals surface area contributed by atoms with Gasteiger partial charge in [-0.15, -0.1) is 0 Å². The highest BCUT2D eigenvalue weighted by atomic mass is 32.2. The molecule has 0 aliphatic carbocycles. The van der Waals surface area contributed by atoms with Crippen molar-refractivity contribution < 1.29 is 8.42 Å². The Hall–Kier alpha value is -0.250. The molecular formula is C10H18N2O2S2. The highest BCUT2D eigenvalue weighted by Crippen LogP contribution is 2.22. The van der Waals surface area contributed by atoms with Gasteiger partial charge in [0, 0.05) is 30.3 Å². The van der Waals surface area contributed by atoms with Crippen LogP contribution in [0, 0.1) is 17.2 Å². The molecule has 6 heteroatoms. The minimum Gasteiger partial charge on any atom is -0.284 e. The Kier molecular flexibility index (Phi) is 5.09. The Morgan fingerprint density at radius 3 is 2.88 bits per heavy atom. The zero-order chi connectivity index (χ0) is 12.2. The molecule has 0 bridgehead atoms. The summed E-state index contributed by atoms with van der Waals surface area (Å²) in [6.07, 6.45) is 0. The van der Waals surface area contributed by atoms with E-state index in [-0.39, 0.29) is 11.7 Å². The lowest BCUT2D eigenvalue weighted by Crippen LogP contribution is -2.49. The molecule has 1 rings (SSSR count). The molecule has 1 fully saturated rings. The number of thioether (sulfide) groups is 1. The van der Waals surface area contributed by atoms with Crippen LogP contribution in [0.3, 0.4) is 0 Å². The fourth-order valence-electron chi connectivity index (χ4n) is 1.74. The first kappa shape index (κ1) is 13.8. The molecular weight excluding hydrogens is 244 g/mol. The van der Waals surface area contributed by atoms with E-state index in [1.54, 1.807) is 18.7 Å². The van der Waals surface area contributed by atoms with Gasteiger partial charge in [-0.1, -0.05) is 6.92 Å². The molecule has 0 aromatic heterocycles. The number of hydrogen-bond donors (Lipinski definition) is 0. The predicted octanol–water partition coefficient (Wildman–Crippen LogP) is 0.956. The van der Waals surface area contributed by atoms with E-state index in [1.165, 1.54) is 0 Å². The average Bonchev–Trinajstić information content (AvgIpc) is 2.29. The molecule has 1 aliphatic heterocycles. The molecule has 1 saturated heterocycles. The van der Waals surface area contributed by atoms with Crippen LogP contribution in [0.15, 0.2) is 0 Å². The van der Waals surface area contributed by atoms with Gasteiger partial charge in [0.1, 0.15) is 5.37 Å². The summed E-state index contributed by atoms with van der Waals surface area (Å²) in [7, 11) is -3.03. The van der Waals surface area contributed by atoms with E-state index in [0.29, 0.717) is 12.3 Å². The molecule has 2 atom stereocenters. The van der Waals surface area contributed by atoms with Crippen LogP contribution < -0.4 is 0 Å². The zero-order valence-corrected chi connectivity index (χ0v) is 11.4. The van der Waals surface area contributed by atoms with Gasteiger partial charge in [-0.25, -0.2) is 8.42 Å². The van der Waals surface area contributed by atoms with E-state index >= 15 is 0 Å². The molecule has 1 aliphatic rings. The topological polar surface area (TPSA) is 61.2 Å². The molecule has 16 heavy (non-hydrogen) atoms. The lowest BCUT2D eigenvalue weighted by Gasteiger charge is -2.35. The van der Waals surface area contributed by atoms with Crippen LogP contribution in [-0.2, 0) is 9.84 Å². The molecule has 0 N–H and O–H groups in total. The summed E-state index contributed by atoms with van der Waals surface area (Å²) in [5, 5.41) is 8.38. The van der Waals surface area contributed by atoms with Crippen LogP contribution in [0.25, 0.3) is 0 Å². The summed E-state index contributed by atoms with van der Waals surface area (Å²) in [6.45, 7) is 4.83. The van der Waals surface area contributed by atoms with Crippen molar-refractivity contribution in [3.05, 3.63) is 0 Å². The summed E-state index contributed by atoms with van der Waals surface area (Å²) < 4.78 is 23.8. The smallest absolute Gasteiger partial charge is 0.166 e. The maximum atomic E-state index is 11.9. The van der Waals surface area contributed by atoms with Gasteiger partial charge >= 0.3 is 0 Å². The first-order valence-corrected chi connectivity index (χ1v) is 8.31. The van der Waals surface area contributed by atoms with Gasteiger partial charge in [-0.05, 0) is 6.92 Å². The Balaban J connectivity index is 2.76. The summed E-state index contributed by atoms with van der Waals surface area (Å²) in [5.41, 5.74) is 0. The number of hydrogen-bond acceptors (Lipinski definition) is 5. The molecule has 0 saturated carbocycles. The molecule has 2 unspecified atom stereocenters. The molecule has 0 radical (unpaired) electrons. The van der Waals surface area contributed by atoms with Crippen molar-refractivity contribution in [1.82, 2.24) is 4.90 Å². The zero-order valence-electron chi connectivity index (χ0n) is 9.72. The second-order valence-corrected chi connectivity index (χ2v) is 7.60. The maximum absolute atomic E-state index is 11.9. The van der Waals surface area contributed by atoms with E-state index in [0.717, 1.165) is 12.3 Å². The second-order valence-electron chi connectivity index (χ2n) is 4.01. The lowest BCUT2D eigenvalue weighted by molar-refractivity contribution is 0.252. The summed E-state index contributed by atoms with van der Waals surface area (Å²) in [6, 6.07) is 2.16. The Morgan fingerprint density at radius 2 is 2.31 bits per heavy atom. The number of nitriles is 1. The van der Waals surface area contributed by atoms with Crippen LogP contribution >= 0.6 is 11.8 Å². The minimum absolute atomic E-state index is 0.113. The van der Waals surface area contributed by atoms with Gasteiger partial charge in [0.25, 0.3) is 0 Å². The van der Waals surface area contributed by atoms with E-state index in [2.05, 4.69) is 6.07 Å². The summed E-state index contributed by atoms with van der Waals surface area (Å²) >= 11 is 1.68. The van der Waals surface area contributed by atoms with Crippen molar-refractivity contribution >= 4 is 21.6 Å². The number of rotatable bonds is 4.